The zero-order valence-corrected chi connectivity index (χ0v) is 12.2. The van der Waals surface area contributed by atoms with E-state index in [2.05, 4.69) is 60.0 Å². The molecule has 0 fully saturated rings. The second-order valence-electron chi connectivity index (χ2n) is 5.41. The predicted octanol–water partition coefficient (Wildman–Crippen LogP) is 4.47. The summed E-state index contributed by atoms with van der Waals surface area (Å²) in [7, 11) is 0. The number of fused-ring (bicyclic) bond motifs is 3. The van der Waals surface area contributed by atoms with Crippen molar-refractivity contribution in [1.82, 2.24) is 4.57 Å². The van der Waals surface area contributed by atoms with Gasteiger partial charge in [0.15, 0.2) is 0 Å². The molecule has 1 aromatic heterocycles. The number of benzene rings is 2. The molecule has 0 aliphatic carbocycles. The molecule has 3 rings (SSSR count). The first-order chi connectivity index (χ1) is 9.81. The van der Waals surface area contributed by atoms with Gasteiger partial charge in [0.05, 0.1) is 6.61 Å². The smallest absolute Gasteiger partial charge is 0.0508 e. The van der Waals surface area contributed by atoms with Crippen molar-refractivity contribution in [2.45, 2.75) is 20.4 Å². The van der Waals surface area contributed by atoms with Gasteiger partial charge >= 0.3 is 0 Å². The molecule has 104 valence electrons. The van der Waals surface area contributed by atoms with Crippen molar-refractivity contribution in [2.24, 2.45) is 5.92 Å². The van der Waals surface area contributed by atoms with Crippen molar-refractivity contribution >= 4 is 21.8 Å². The molecule has 0 N–H and O–H groups in total. The third-order valence-corrected chi connectivity index (χ3v) is 3.78. The molecule has 0 spiro atoms. The number of hydrogen-bond acceptors (Lipinski definition) is 1. The number of ether oxygens (including phenoxy) is 1. The predicted molar refractivity (Wildman–Crippen MR) is 85.1 cm³/mol. The number of hydrogen-bond donors (Lipinski definition) is 0. The lowest BCUT2D eigenvalue weighted by Gasteiger charge is -2.14. The third-order valence-electron chi connectivity index (χ3n) is 3.78. The highest BCUT2D eigenvalue weighted by molar-refractivity contribution is 6.07. The van der Waals surface area contributed by atoms with Crippen LogP contribution in [0.4, 0.5) is 0 Å². The average Bonchev–Trinajstić information content (AvgIpc) is 2.80. The van der Waals surface area contributed by atoms with Crippen molar-refractivity contribution in [2.75, 3.05) is 13.2 Å². The zero-order chi connectivity index (χ0) is 13.9. The molecule has 1 heterocycles. The first kappa shape index (κ1) is 13.2. The van der Waals surface area contributed by atoms with Gasteiger partial charge in [-0.3, -0.25) is 0 Å². The van der Waals surface area contributed by atoms with Crippen LogP contribution in [0.25, 0.3) is 21.8 Å². The van der Waals surface area contributed by atoms with Gasteiger partial charge in [0.2, 0.25) is 0 Å². The first-order valence-electron chi connectivity index (χ1n) is 7.35. The average molecular weight is 267 g/mol. The fourth-order valence-corrected chi connectivity index (χ4v) is 2.88. The summed E-state index contributed by atoms with van der Waals surface area (Å²) in [6.07, 6.45) is 0. The molecule has 1 unspecified atom stereocenters. The van der Waals surface area contributed by atoms with Crippen LogP contribution in [0.15, 0.2) is 48.5 Å². The Morgan fingerprint density at radius 2 is 1.50 bits per heavy atom. The lowest BCUT2D eigenvalue weighted by molar-refractivity contribution is 0.111. The molecule has 2 nitrogen and oxygen atoms in total. The van der Waals surface area contributed by atoms with E-state index < -0.39 is 0 Å². The van der Waals surface area contributed by atoms with Gasteiger partial charge in [0.1, 0.15) is 0 Å². The molecule has 0 aliphatic heterocycles. The standard InChI is InChI=1S/C18H21NO/c1-3-20-13-14(2)12-19-17-10-6-4-8-15(17)16-9-5-7-11-18(16)19/h4-11,14H,3,12-13H2,1-2H3. The van der Waals surface area contributed by atoms with E-state index in [-0.39, 0.29) is 0 Å². The minimum atomic E-state index is 0.508. The monoisotopic (exact) mass is 267 g/mol. The summed E-state index contributed by atoms with van der Waals surface area (Å²) >= 11 is 0. The third kappa shape index (κ3) is 2.32. The van der Waals surface area contributed by atoms with Crippen LogP contribution in [0.1, 0.15) is 13.8 Å². The van der Waals surface area contributed by atoms with Crippen molar-refractivity contribution in [1.29, 1.82) is 0 Å². The van der Waals surface area contributed by atoms with Gasteiger partial charge in [-0.05, 0) is 25.0 Å². The van der Waals surface area contributed by atoms with E-state index in [1.807, 2.05) is 6.92 Å². The number of aromatic nitrogens is 1. The minimum Gasteiger partial charge on any atom is -0.381 e. The highest BCUT2D eigenvalue weighted by atomic mass is 16.5. The molecule has 3 aromatic rings. The highest BCUT2D eigenvalue weighted by Gasteiger charge is 2.12. The first-order valence-corrected chi connectivity index (χ1v) is 7.35. The van der Waals surface area contributed by atoms with Crippen molar-refractivity contribution < 1.29 is 4.74 Å². The lowest BCUT2D eigenvalue weighted by Crippen LogP contribution is -2.13. The molecule has 2 heteroatoms. The van der Waals surface area contributed by atoms with Gasteiger partial charge in [-0.1, -0.05) is 43.3 Å². The molecular formula is C18H21NO. The van der Waals surface area contributed by atoms with Gasteiger partial charge in [0.25, 0.3) is 0 Å². The molecule has 0 radical (unpaired) electrons. The summed E-state index contributed by atoms with van der Waals surface area (Å²) in [6.45, 7) is 6.90. The Hall–Kier alpha value is -1.80. The summed E-state index contributed by atoms with van der Waals surface area (Å²) in [4.78, 5) is 0. The second-order valence-corrected chi connectivity index (χ2v) is 5.41. The Bertz CT molecular complexity index is 660. The Morgan fingerprint density at radius 1 is 0.950 bits per heavy atom. The van der Waals surface area contributed by atoms with Crippen LogP contribution in [0.3, 0.4) is 0 Å². The normalized spacial score (nSPS) is 13.1. The summed E-state index contributed by atoms with van der Waals surface area (Å²) in [5.41, 5.74) is 2.63. The van der Waals surface area contributed by atoms with Gasteiger partial charge in [0, 0.05) is 35.0 Å². The summed E-state index contributed by atoms with van der Waals surface area (Å²) in [6, 6.07) is 17.3. The van der Waals surface area contributed by atoms with E-state index in [1.165, 1.54) is 21.8 Å². The molecular weight excluding hydrogens is 246 g/mol. The second kappa shape index (κ2) is 5.68. The molecule has 0 saturated carbocycles. The zero-order valence-electron chi connectivity index (χ0n) is 12.2. The Labute approximate surface area is 120 Å². The van der Waals surface area contributed by atoms with Crippen LogP contribution in [0, 0.1) is 5.92 Å². The molecule has 20 heavy (non-hydrogen) atoms. The van der Waals surface area contributed by atoms with Crippen LogP contribution >= 0.6 is 0 Å². The molecule has 1 atom stereocenters. The van der Waals surface area contributed by atoms with Gasteiger partial charge in [-0.25, -0.2) is 0 Å². The maximum atomic E-state index is 5.55. The van der Waals surface area contributed by atoms with Crippen LogP contribution < -0.4 is 0 Å². The lowest BCUT2D eigenvalue weighted by atomic mass is 10.2. The molecule has 2 aromatic carbocycles. The molecule has 0 aliphatic rings. The van der Waals surface area contributed by atoms with E-state index in [4.69, 9.17) is 4.74 Å². The van der Waals surface area contributed by atoms with Crippen LogP contribution in [-0.2, 0) is 11.3 Å². The van der Waals surface area contributed by atoms with E-state index in [0.717, 1.165) is 19.8 Å². The fraction of sp³-hybridized carbons (Fsp3) is 0.333. The number of para-hydroxylation sites is 2. The number of rotatable bonds is 5. The Kier molecular flexibility index (Phi) is 3.75. The fourth-order valence-electron chi connectivity index (χ4n) is 2.88. The molecule has 0 saturated heterocycles. The Balaban J connectivity index is 2.07. The quantitative estimate of drug-likeness (QED) is 0.665. The Morgan fingerprint density at radius 3 is 2.05 bits per heavy atom. The summed E-state index contributed by atoms with van der Waals surface area (Å²) in [5, 5.41) is 2.68. The van der Waals surface area contributed by atoms with Crippen molar-refractivity contribution in [3.63, 3.8) is 0 Å². The maximum absolute atomic E-state index is 5.55. The topological polar surface area (TPSA) is 14.2 Å². The number of nitrogens with zero attached hydrogens (tertiary/aromatic N) is 1. The van der Waals surface area contributed by atoms with Gasteiger partial charge in [-0.2, -0.15) is 0 Å². The summed E-state index contributed by atoms with van der Waals surface area (Å²) < 4.78 is 7.98. The van der Waals surface area contributed by atoms with Crippen molar-refractivity contribution in [3.05, 3.63) is 48.5 Å². The minimum absolute atomic E-state index is 0.508. The highest BCUT2D eigenvalue weighted by Crippen LogP contribution is 2.29. The van der Waals surface area contributed by atoms with E-state index >= 15 is 0 Å². The largest absolute Gasteiger partial charge is 0.381 e. The van der Waals surface area contributed by atoms with Crippen LogP contribution in [-0.4, -0.2) is 17.8 Å². The van der Waals surface area contributed by atoms with Crippen LogP contribution in [0.2, 0.25) is 0 Å². The van der Waals surface area contributed by atoms with E-state index in [1.54, 1.807) is 0 Å². The van der Waals surface area contributed by atoms with Crippen LogP contribution in [0.5, 0.6) is 0 Å². The molecule has 0 amide bonds. The van der Waals surface area contributed by atoms with Gasteiger partial charge < -0.3 is 9.30 Å². The summed E-state index contributed by atoms with van der Waals surface area (Å²) in [5.74, 6) is 0.508. The van der Waals surface area contributed by atoms with Crippen molar-refractivity contribution in [3.8, 4) is 0 Å². The SMILES string of the molecule is CCOCC(C)Cn1c2ccccc2c2ccccc21. The maximum Gasteiger partial charge on any atom is 0.0508 e. The van der Waals surface area contributed by atoms with Gasteiger partial charge in [-0.15, -0.1) is 0 Å². The molecule has 0 bridgehead atoms. The van der Waals surface area contributed by atoms with E-state index in [9.17, 15) is 0 Å². The van der Waals surface area contributed by atoms with E-state index in [0.29, 0.717) is 5.92 Å².